The van der Waals surface area contributed by atoms with Crippen molar-refractivity contribution in [1.29, 1.82) is 0 Å². The van der Waals surface area contributed by atoms with Gasteiger partial charge in [0.15, 0.2) is 6.29 Å². The number of likely N-dealkylation sites (tertiary alicyclic amines) is 1. The van der Waals surface area contributed by atoms with Gasteiger partial charge in [-0.1, -0.05) is 6.92 Å². The summed E-state index contributed by atoms with van der Waals surface area (Å²) in [5.41, 5.74) is 7.19. The fourth-order valence-corrected chi connectivity index (χ4v) is 3.16. The van der Waals surface area contributed by atoms with Crippen LogP contribution in [-0.2, 0) is 13.0 Å². The quantitative estimate of drug-likeness (QED) is 0.811. The number of hydrogen-bond acceptors (Lipinski definition) is 4. The van der Waals surface area contributed by atoms with Crippen LogP contribution in [-0.4, -0.2) is 30.3 Å². The number of hydrogen-bond donors (Lipinski definition) is 1. The minimum Gasteiger partial charge on any atom is -0.326 e. The molecule has 1 aliphatic heterocycles. The highest BCUT2D eigenvalue weighted by molar-refractivity contribution is 7.13. The lowest BCUT2D eigenvalue weighted by atomic mass is 10.2. The lowest BCUT2D eigenvalue weighted by Gasteiger charge is -2.14. The summed E-state index contributed by atoms with van der Waals surface area (Å²) in [5, 5.41) is 0. The second kappa shape index (κ2) is 5.08. The van der Waals surface area contributed by atoms with Crippen LogP contribution in [0.15, 0.2) is 6.07 Å². The minimum absolute atomic E-state index is 0.328. The largest absolute Gasteiger partial charge is 0.326 e. The molecule has 2 heterocycles. The Bertz CT molecular complexity index is 375. The zero-order chi connectivity index (χ0) is 11.5. The molecule has 16 heavy (non-hydrogen) atoms. The molecule has 0 bridgehead atoms. The average Bonchev–Trinajstić information content (AvgIpc) is 2.85. The van der Waals surface area contributed by atoms with E-state index in [0.29, 0.717) is 6.04 Å². The SMILES string of the molecule is CCc1sc(C=O)cc1CN1CCC(N)C1. The number of nitrogens with zero attached hydrogens (tertiary/aromatic N) is 1. The molecule has 0 radical (unpaired) electrons. The van der Waals surface area contributed by atoms with Crippen LogP contribution in [0, 0.1) is 0 Å². The molecule has 1 saturated heterocycles. The van der Waals surface area contributed by atoms with Gasteiger partial charge in [-0.2, -0.15) is 0 Å². The fraction of sp³-hybridized carbons (Fsp3) is 0.583. The van der Waals surface area contributed by atoms with E-state index in [-0.39, 0.29) is 0 Å². The predicted molar refractivity (Wildman–Crippen MR) is 67.0 cm³/mol. The number of carbonyl (C=O) groups excluding carboxylic acids is 1. The third-order valence-electron chi connectivity index (χ3n) is 3.06. The Balaban J connectivity index is 2.07. The third-order valence-corrected chi connectivity index (χ3v) is 4.30. The Morgan fingerprint density at radius 1 is 1.69 bits per heavy atom. The molecule has 0 aromatic carbocycles. The molecular formula is C12H18N2OS. The van der Waals surface area contributed by atoms with Gasteiger partial charge in [-0.3, -0.25) is 9.69 Å². The first-order valence-electron chi connectivity index (χ1n) is 5.77. The van der Waals surface area contributed by atoms with Gasteiger partial charge in [-0.05, 0) is 24.5 Å². The molecular weight excluding hydrogens is 220 g/mol. The van der Waals surface area contributed by atoms with Crippen LogP contribution in [0.3, 0.4) is 0 Å². The van der Waals surface area contributed by atoms with Gasteiger partial charge in [0.1, 0.15) is 0 Å². The van der Waals surface area contributed by atoms with Crippen molar-refractivity contribution < 1.29 is 4.79 Å². The Morgan fingerprint density at radius 2 is 2.50 bits per heavy atom. The molecule has 1 atom stereocenters. The van der Waals surface area contributed by atoms with Gasteiger partial charge in [-0.25, -0.2) is 0 Å². The molecule has 1 fully saturated rings. The van der Waals surface area contributed by atoms with Crippen LogP contribution >= 0.6 is 11.3 Å². The van der Waals surface area contributed by atoms with Crippen molar-refractivity contribution in [3.8, 4) is 0 Å². The van der Waals surface area contributed by atoms with Gasteiger partial charge in [-0.15, -0.1) is 11.3 Å². The highest BCUT2D eigenvalue weighted by Crippen LogP contribution is 2.24. The van der Waals surface area contributed by atoms with E-state index in [2.05, 4.69) is 11.8 Å². The van der Waals surface area contributed by atoms with Crippen molar-refractivity contribution in [2.45, 2.75) is 32.4 Å². The van der Waals surface area contributed by atoms with Crippen molar-refractivity contribution in [3.05, 3.63) is 21.4 Å². The molecule has 3 nitrogen and oxygen atoms in total. The van der Waals surface area contributed by atoms with E-state index in [1.807, 2.05) is 6.07 Å². The molecule has 0 aliphatic carbocycles. The Labute approximate surface area is 100 Å². The minimum atomic E-state index is 0.328. The van der Waals surface area contributed by atoms with Gasteiger partial charge in [0.05, 0.1) is 4.88 Å². The molecule has 2 rings (SSSR count). The van der Waals surface area contributed by atoms with Gasteiger partial charge in [0.2, 0.25) is 0 Å². The Morgan fingerprint density at radius 3 is 3.06 bits per heavy atom. The van der Waals surface area contributed by atoms with Crippen LogP contribution < -0.4 is 5.73 Å². The Hall–Kier alpha value is -0.710. The Kier molecular flexibility index (Phi) is 3.74. The topological polar surface area (TPSA) is 46.3 Å². The number of thiophene rings is 1. The van der Waals surface area contributed by atoms with Crippen molar-refractivity contribution >= 4 is 17.6 Å². The van der Waals surface area contributed by atoms with E-state index in [0.717, 1.165) is 43.6 Å². The predicted octanol–water partition coefficient (Wildman–Crippen LogP) is 1.66. The van der Waals surface area contributed by atoms with Gasteiger partial charge >= 0.3 is 0 Å². The molecule has 88 valence electrons. The smallest absolute Gasteiger partial charge is 0.160 e. The summed E-state index contributed by atoms with van der Waals surface area (Å²) in [6.45, 7) is 5.15. The molecule has 4 heteroatoms. The highest BCUT2D eigenvalue weighted by atomic mass is 32.1. The van der Waals surface area contributed by atoms with E-state index in [1.54, 1.807) is 11.3 Å². The summed E-state index contributed by atoms with van der Waals surface area (Å²) in [6.07, 6.45) is 3.04. The third kappa shape index (κ3) is 2.51. The maximum atomic E-state index is 10.8. The van der Waals surface area contributed by atoms with Gasteiger partial charge < -0.3 is 5.73 Å². The molecule has 1 aromatic heterocycles. The zero-order valence-corrected chi connectivity index (χ0v) is 10.4. The maximum Gasteiger partial charge on any atom is 0.160 e. The number of aryl methyl sites for hydroxylation is 1. The first-order valence-corrected chi connectivity index (χ1v) is 6.59. The summed E-state index contributed by atoms with van der Waals surface area (Å²) in [6, 6.07) is 2.36. The summed E-state index contributed by atoms with van der Waals surface area (Å²) in [7, 11) is 0. The summed E-state index contributed by atoms with van der Waals surface area (Å²) in [4.78, 5) is 15.3. The summed E-state index contributed by atoms with van der Waals surface area (Å²) >= 11 is 1.62. The second-order valence-corrected chi connectivity index (χ2v) is 5.52. The average molecular weight is 238 g/mol. The van der Waals surface area contributed by atoms with Crippen molar-refractivity contribution in [2.24, 2.45) is 5.73 Å². The van der Waals surface area contributed by atoms with Crippen molar-refractivity contribution in [1.82, 2.24) is 4.90 Å². The monoisotopic (exact) mass is 238 g/mol. The van der Waals surface area contributed by atoms with E-state index < -0.39 is 0 Å². The molecule has 2 N–H and O–H groups in total. The fourth-order valence-electron chi connectivity index (χ4n) is 2.23. The first kappa shape index (κ1) is 11.8. The van der Waals surface area contributed by atoms with Crippen LogP contribution in [0.1, 0.15) is 33.5 Å². The van der Waals surface area contributed by atoms with Crippen LogP contribution in [0.2, 0.25) is 0 Å². The van der Waals surface area contributed by atoms with Gasteiger partial charge in [0, 0.05) is 30.6 Å². The molecule has 1 aromatic rings. The zero-order valence-electron chi connectivity index (χ0n) is 9.61. The molecule has 0 amide bonds. The molecule has 0 spiro atoms. The van der Waals surface area contributed by atoms with E-state index in [4.69, 9.17) is 5.73 Å². The number of nitrogens with two attached hydrogens (primary N) is 1. The van der Waals surface area contributed by atoms with Crippen LogP contribution in [0.25, 0.3) is 0 Å². The van der Waals surface area contributed by atoms with Crippen LogP contribution in [0.4, 0.5) is 0 Å². The van der Waals surface area contributed by atoms with Gasteiger partial charge in [0.25, 0.3) is 0 Å². The number of aldehydes is 1. The molecule has 0 saturated carbocycles. The summed E-state index contributed by atoms with van der Waals surface area (Å²) < 4.78 is 0. The van der Waals surface area contributed by atoms with E-state index in [1.165, 1.54) is 10.4 Å². The lowest BCUT2D eigenvalue weighted by molar-refractivity contribution is 0.112. The van der Waals surface area contributed by atoms with Crippen molar-refractivity contribution in [2.75, 3.05) is 13.1 Å². The summed E-state index contributed by atoms with van der Waals surface area (Å²) in [5.74, 6) is 0. The molecule has 1 unspecified atom stereocenters. The first-order chi connectivity index (χ1) is 7.72. The number of rotatable bonds is 4. The standard InChI is InChI=1S/C12H18N2OS/c1-2-12-9(5-11(8-15)16-12)6-14-4-3-10(13)7-14/h5,8,10H,2-4,6-7,13H2,1H3. The normalized spacial score (nSPS) is 21.5. The lowest BCUT2D eigenvalue weighted by Crippen LogP contribution is -2.26. The van der Waals surface area contributed by atoms with Crippen LogP contribution in [0.5, 0.6) is 0 Å². The van der Waals surface area contributed by atoms with E-state index in [9.17, 15) is 4.79 Å². The second-order valence-electron chi connectivity index (χ2n) is 4.35. The number of carbonyl (C=O) groups is 1. The van der Waals surface area contributed by atoms with E-state index >= 15 is 0 Å². The van der Waals surface area contributed by atoms with Crippen molar-refractivity contribution in [3.63, 3.8) is 0 Å². The highest BCUT2D eigenvalue weighted by Gasteiger charge is 2.20. The maximum absolute atomic E-state index is 10.8. The molecule has 1 aliphatic rings.